The van der Waals surface area contributed by atoms with Gasteiger partial charge in [0.1, 0.15) is 17.1 Å². The predicted molar refractivity (Wildman–Crippen MR) is 104 cm³/mol. The molecule has 7 heteroatoms. The molecule has 0 unspecified atom stereocenters. The maximum atomic E-state index is 12.7. The third-order valence-electron chi connectivity index (χ3n) is 5.14. The van der Waals surface area contributed by atoms with Crippen LogP contribution in [0.25, 0.3) is 0 Å². The molecule has 28 heavy (non-hydrogen) atoms. The van der Waals surface area contributed by atoms with Crippen LogP contribution in [0.15, 0.2) is 48.9 Å². The quantitative estimate of drug-likeness (QED) is 0.697. The molecule has 3 aromatic rings. The van der Waals surface area contributed by atoms with Gasteiger partial charge in [-0.2, -0.15) is 5.10 Å². The maximum absolute atomic E-state index is 12.7. The van der Waals surface area contributed by atoms with Crippen LogP contribution < -0.4 is 4.74 Å². The van der Waals surface area contributed by atoms with Crippen molar-refractivity contribution in [3.05, 3.63) is 65.9 Å². The molecule has 1 aromatic carbocycles. The third kappa shape index (κ3) is 3.74. The van der Waals surface area contributed by atoms with Gasteiger partial charge in [0, 0.05) is 44.6 Å². The summed E-state index contributed by atoms with van der Waals surface area (Å²) in [4.78, 5) is 23.5. The van der Waals surface area contributed by atoms with Gasteiger partial charge < -0.3 is 9.64 Å². The lowest BCUT2D eigenvalue weighted by atomic mass is 9.93. The fourth-order valence-corrected chi connectivity index (χ4v) is 3.51. The fourth-order valence-electron chi connectivity index (χ4n) is 3.51. The van der Waals surface area contributed by atoms with Crippen LogP contribution in [0.1, 0.15) is 40.5 Å². The molecule has 1 aliphatic heterocycles. The smallest absolute Gasteiger partial charge is 0.272 e. The summed E-state index contributed by atoms with van der Waals surface area (Å²) in [6.07, 6.45) is 6.64. The number of hydrogen-bond acceptors (Lipinski definition) is 5. The van der Waals surface area contributed by atoms with Gasteiger partial charge in [0.2, 0.25) is 5.88 Å². The van der Waals surface area contributed by atoms with E-state index in [9.17, 15) is 4.79 Å². The van der Waals surface area contributed by atoms with E-state index in [1.165, 1.54) is 5.56 Å². The summed E-state index contributed by atoms with van der Waals surface area (Å²) in [5, 5.41) is 4.09. The third-order valence-corrected chi connectivity index (χ3v) is 5.14. The van der Waals surface area contributed by atoms with Crippen LogP contribution in [0.2, 0.25) is 0 Å². The van der Waals surface area contributed by atoms with Gasteiger partial charge in [-0.1, -0.05) is 17.7 Å². The maximum Gasteiger partial charge on any atom is 0.272 e. The highest BCUT2D eigenvalue weighted by Crippen LogP contribution is 2.33. The monoisotopic (exact) mass is 377 g/mol. The summed E-state index contributed by atoms with van der Waals surface area (Å²) in [5.74, 6) is 1.53. The lowest BCUT2D eigenvalue weighted by Crippen LogP contribution is -2.39. The number of carbonyl (C=O) groups excluding carboxylic acids is 1. The molecule has 3 heterocycles. The second kappa shape index (κ2) is 7.80. The van der Waals surface area contributed by atoms with Gasteiger partial charge in [0.25, 0.3) is 5.91 Å². The lowest BCUT2D eigenvalue weighted by Gasteiger charge is -2.32. The Balaban J connectivity index is 1.45. The molecular formula is C21H23N5O2. The first-order valence-electron chi connectivity index (χ1n) is 9.44. The average molecular weight is 377 g/mol. The SMILES string of the molecule is Cc1ccc(Oc2nccnc2C2CCN(C(=O)c3ccnn3C)CC2)cc1. The van der Waals surface area contributed by atoms with Gasteiger partial charge in [-0.3, -0.25) is 14.5 Å². The number of amides is 1. The Morgan fingerprint density at radius 1 is 1.04 bits per heavy atom. The van der Waals surface area contributed by atoms with Crippen LogP contribution in [0.4, 0.5) is 0 Å². The van der Waals surface area contributed by atoms with Crippen LogP contribution >= 0.6 is 0 Å². The van der Waals surface area contributed by atoms with E-state index in [1.807, 2.05) is 36.1 Å². The van der Waals surface area contributed by atoms with Crippen molar-refractivity contribution in [1.82, 2.24) is 24.6 Å². The van der Waals surface area contributed by atoms with E-state index in [0.717, 1.165) is 24.3 Å². The largest absolute Gasteiger partial charge is 0.437 e. The normalized spacial score (nSPS) is 14.9. The van der Waals surface area contributed by atoms with Crippen LogP contribution in [0.3, 0.4) is 0 Å². The number of aryl methyl sites for hydroxylation is 2. The topological polar surface area (TPSA) is 73.1 Å². The van der Waals surface area contributed by atoms with Gasteiger partial charge in [-0.15, -0.1) is 0 Å². The van der Waals surface area contributed by atoms with E-state index < -0.39 is 0 Å². The van der Waals surface area contributed by atoms with Crippen LogP contribution in [-0.4, -0.2) is 43.6 Å². The minimum absolute atomic E-state index is 0.0220. The number of piperidine rings is 1. The Labute approximate surface area is 164 Å². The number of carbonyl (C=O) groups is 1. The molecule has 0 radical (unpaired) electrons. The molecule has 0 bridgehead atoms. The fraction of sp³-hybridized carbons (Fsp3) is 0.333. The first-order chi connectivity index (χ1) is 13.6. The minimum Gasteiger partial charge on any atom is -0.437 e. The molecule has 0 spiro atoms. The molecule has 1 fully saturated rings. The Hall–Kier alpha value is -3.22. The summed E-state index contributed by atoms with van der Waals surface area (Å²) in [6.45, 7) is 3.39. The molecule has 0 N–H and O–H groups in total. The second-order valence-corrected chi connectivity index (χ2v) is 7.07. The zero-order valence-electron chi connectivity index (χ0n) is 16.1. The van der Waals surface area contributed by atoms with E-state index in [-0.39, 0.29) is 11.8 Å². The first-order valence-corrected chi connectivity index (χ1v) is 9.44. The number of benzene rings is 1. The van der Waals surface area contributed by atoms with Crippen LogP contribution in [-0.2, 0) is 7.05 Å². The summed E-state index contributed by atoms with van der Waals surface area (Å²) < 4.78 is 7.62. The van der Waals surface area contributed by atoms with E-state index in [1.54, 1.807) is 36.4 Å². The molecule has 0 aliphatic carbocycles. The molecule has 0 atom stereocenters. The van der Waals surface area contributed by atoms with Crippen molar-refractivity contribution >= 4 is 5.91 Å². The van der Waals surface area contributed by atoms with E-state index in [4.69, 9.17) is 4.74 Å². The predicted octanol–water partition coefficient (Wildman–Crippen LogP) is 3.33. The standard InChI is InChI=1S/C21H23N5O2/c1-15-3-5-17(6-4-15)28-20-19(22-11-12-23-20)16-8-13-26(14-9-16)21(27)18-7-10-24-25(18)2/h3-7,10-12,16H,8-9,13-14H2,1-2H3. The molecule has 0 saturated carbocycles. The van der Waals surface area contributed by atoms with Gasteiger partial charge in [-0.25, -0.2) is 4.98 Å². The lowest BCUT2D eigenvalue weighted by molar-refractivity contribution is 0.0700. The van der Waals surface area contributed by atoms with Gasteiger partial charge >= 0.3 is 0 Å². The Morgan fingerprint density at radius 3 is 2.43 bits per heavy atom. The molecule has 2 aromatic heterocycles. The molecule has 1 saturated heterocycles. The Bertz CT molecular complexity index is 959. The number of aromatic nitrogens is 4. The van der Waals surface area contributed by atoms with Crippen LogP contribution in [0, 0.1) is 6.92 Å². The van der Waals surface area contributed by atoms with E-state index in [2.05, 4.69) is 15.1 Å². The average Bonchev–Trinajstić information content (AvgIpc) is 3.16. The number of likely N-dealkylation sites (tertiary alicyclic amines) is 1. The van der Waals surface area contributed by atoms with Crippen molar-refractivity contribution in [2.75, 3.05) is 13.1 Å². The Morgan fingerprint density at radius 2 is 1.75 bits per heavy atom. The minimum atomic E-state index is 0.0220. The van der Waals surface area contributed by atoms with Crippen molar-refractivity contribution in [2.24, 2.45) is 7.05 Å². The van der Waals surface area contributed by atoms with Crippen molar-refractivity contribution in [3.63, 3.8) is 0 Å². The molecule has 7 nitrogen and oxygen atoms in total. The first kappa shape index (κ1) is 18.2. The van der Waals surface area contributed by atoms with Crippen molar-refractivity contribution < 1.29 is 9.53 Å². The molecule has 1 aliphatic rings. The molecular weight excluding hydrogens is 354 g/mol. The van der Waals surface area contributed by atoms with Gasteiger partial charge in [0.15, 0.2) is 0 Å². The number of rotatable bonds is 4. The van der Waals surface area contributed by atoms with Crippen molar-refractivity contribution in [1.29, 1.82) is 0 Å². The number of ether oxygens (including phenoxy) is 1. The zero-order chi connectivity index (χ0) is 19.5. The Kier molecular flexibility index (Phi) is 5.06. The second-order valence-electron chi connectivity index (χ2n) is 7.07. The molecule has 4 rings (SSSR count). The number of hydrogen-bond donors (Lipinski definition) is 0. The molecule has 144 valence electrons. The number of nitrogens with zero attached hydrogens (tertiary/aromatic N) is 5. The highest BCUT2D eigenvalue weighted by molar-refractivity contribution is 5.92. The highest BCUT2D eigenvalue weighted by atomic mass is 16.5. The van der Waals surface area contributed by atoms with Gasteiger partial charge in [-0.05, 0) is 38.0 Å². The zero-order valence-corrected chi connectivity index (χ0v) is 16.1. The summed E-state index contributed by atoms with van der Waals surface area (Å²) in [6, 6.07) is 9.64. The van der Waals surface area contributed by atoms with Gasteiger partial charge in [0.05, 0.1) is 0 Å². The van der Waals surface area contributed by atoms with Crippen molar-refractivity contribution in [2.45, 2.75) is 25.7 Å². The van der Waals surface area contributed by atoms with Crippen molar-refractivity contribution in [3.8, 4) is 11.6 Å². The molecule has 1 amide bonds. The summed E-state index contributed by atoms with van der Waals surface area (Å²) in [5.41, 5.74) is 2.65. The van der Waals surface area contributed by atoms with E-state index >= 15 is 0 Å². The summed E-state index contributed by atoms with van der Waals surface area (Å²) in [7, 11) is 1.79. The van der Waals surface area contributed by atoms with E-state index in [0.29, 0.717) is 24.7 Å². The summed E-state index contributed by atoms with van der Waals surface area (Å²) >= 11 is 0. The van der Waals surface area contributed by atoms with Crippen LogP contribution in [0.5, 0.6) is 11.6 Å². The highest BCUT2D eigenvalue weighted by Gasteiger charge is 2.28.